The SMILES string of the molecule is N#CC#N.[Cl][Au]([Cl])[Cl]. The van der Waals surface area contributed by atoms with E-state index >= 15 is 0 Å². The Balaban J connectivity index is 0. The van der Waals surface area contributed by atoms with E-state index in [4.69, 9.17) is 38.1 Å². The molecular weight excluding hydrogens is 355 g/mol. The van der Waals surface area contributed by atoms with Crippen molar-refractivity contribution in [2.45, 2.75) is 0 Å². The van der Waals surface area contributed by atoms with E-state index in [9.17, 15) is 0 Å². The van der Waals surface area contributed by atoms with E-state index in [1.54, 1.807) is 0 Å². The van der Waals surface area contributed by atoms with Gasteiger partial charge in [-0.1, -0.05) is 0 Å². The number of nitrogens with zero attached hydrogens (tertiary/aromatic N) is 2. The van der Waals surface area contributed by atoms with Crippen molar-refractivity contribution >= 4 is 27.6 Å². The third-order valence-electron chi connectivity index (χ3n) is 0.0500. The number of nitriles is 2. The van der Waals surface area contributed by atoms with Gasteiger partial charge in [-0.05, 0) is 0 Å². The van der Waals surface area contributed by atoms with Gasteiger partial charge in [-0.25, -0.2) is 0 Å². The Morgan fingerprint density at radius 1 is 1.00 bits per heavy atom. The quantitative estimate of drug-likeness (QED) is 0.625. The summed E-state index contributed by atoms with van der Waals surface area (Å²) in [6, 6.07) is 2.47. The van der Waals surface area contributed by atoms with Crippen molar-refractivity contribution in [1.82, 2.24) is 0 Å². The van der Waals surface area contributed by atoms with Crippen molar-refractivity contribution in [1.29, 1.82) is 10.5 Å². The molecule has 0 amide bonds. The fourth-order valence-electron chi connectivity index (χ4n) is 0. The van der Waals surface area contributed by atoms with Crippen LogP contribution in [0.5, 0.6) is 0 Å². The third-order valence-corrected chi connectivity index (χ3v) is 0.0500. The Hall–Kier alpha value is 0.590. The Morgan fingerprint density at radius 2 is 1.12 bits per heavy atom. The molecule has 0 spiro atoms. The molecule has 0 saturated heterocycles. The second-order valence-corrected chi connectivity index (χ2v) is 9.74. The van der Waals surface area contributed by atoms with Gasteiger partial charge in [0.2, 0.25) is 0 Å². The molecule has 0 radical (unpaired) electrons. The molecule has 0 aromatic rings. The molecule has 8 heavy (non-hydrogen) atoms. The Kier molecular flexibility index (Phi) is 15.0. The first kappa shape index (κ1) is 11.4. The van der Waals surface area contributed by atoms with E-state index in [-0.39, 0.29) is 0 Å². The van der Waals surface area contributed by atoms with Crippen LogP contribution < -0.4 is 0 Å². The summed E-state index contributed by atoms with van der Waals surface area (Å²) in [5.41, 5.74) is 0. The van der Waals surface area contributed by atoms with Crippen LogP contribution in [0.1, 0.15) is 0 Å². The molecule has 50 valence electrons. The normalized spacial score (nSPS) is 6.88. The first-order chi connectivity index (χ1) is 3.65. The summed E-state index contributed by atoms with van der Waals surface area (Å²) in [5.74, 6) is 0. The molecule has 6 heteroatoms. The van der Waals surface area contributed by atoms with Crippen molar-refractivity contribution in [2.75, 3.05) is 0 Å². The fraction of sp³-hybridized carbons (Fsp3) is 0. The summed E-state index contributed by atoms with van der Waals surface area (Å²) >= 11 is -1.79. The molecule has 0 aromatic carbocycles. The number of hydrogen-bond donors (Lipinski definition) is 0. The zero-order valence-corrected chi connectivity index (χ0v) is 7.76. The number of rotatable bonds is 0. The van der Waals surface area contributed by atoms with Crippen LogP contribution in [-0.4, -0.2) is 0 Å². The molecule has 0 heterocycles. The first-order valence-electron chi connectivity index (χ1n) is 1.04. The molecule has 0 saturated carbocycles. The van der Waals surface area contributed by atoms with E-state index in [0.717, 1.165) is 0 Å². The van der Waals surface area contributed by atoms with Crippen LogP contribution in [0.25, 0.3) is 0 Å². The predicted octanol–water partition coefficient (Wildman–Crippen LogP) is 2.10. The van der Waals surface area contributed by atoms with Crippen molar-refractivity contribution in [3.63, 3.8) is 0 Å². The van der Waals surface area contributed by atoms with E-state index < -0.39 is 15.2 Å². The summed E-state index contributed by atoms with van der Waals surface area (Å²) < 4.78 is 0. The maximum atomic E-state index is 7.26. The molecule has 0 rings (SSSR count). The molecule has 0 aromatic heterocycles. The molecule has 0 aliphatic rings. The predicted molar refractivity (Wildman–Crippen MR) is 28.8 cm³/mol. The van der Waals surface area contributed by atoms with Crippen LogP contribution in [0, 0.1) is 22.7 Å². The summed E-state index contributed by atoms with van der Waals surface area (Å²) in [6.07, 6.45) is 0. The molecule has 0 aliphatic heterocycles. The van der Waals surface area contributed by atoms with Crippen molar-refractivity contribution < 1.29 is 15.2 Å². The molecule has 0 N–H and O–H groups in total. The van der Waals surface area contributed by atoms with Crippen molar-refractivity contribution in [2.24, 2.45) is 0 Å². The van der Waals surface area contributed by atoms with Gasteiger partial charge in [0.05, 0.1) is 0 Å². The summed E-state index contributed by atoms with van der Waals surface area (Å²) in [6.45, 7) is 0. The topological polar surface area (TPSA) is 47.6 Å². The summed E-state index contributed by atoms with van der Waals surface area (Å²) in [7, 11) is 14.9. The zero-order valence-electron chi connectivity index (χ0n) is 3.33. The van der Waals surface area contributed by atoms with E-state index in [1.807, 2.05) is 0 Å². The third kappa shape index (κ3) is 81.4. The van der Waals surface area contributed by atoms with E-state index in [2.05, 4.69) is 0 Å². The van der Waals surface area contributed by atoms with Crippen LogP contribution in [0.2, 0.25) is 0 Å². The van der Waals surface area contributed by atoms with Crippen molar-refractivity contribution in [3.05, 3.63) is 0 Å². The summed E-state index contributed by atoms with van der Waals surface area (Å²) in [5, 5.41) is 14.5. The molecule has 0 atom stereocenters. The molecule has 0 bridgehead atoms. The Bertz CT molecular complexity index is 96.7. The molecule has 0 fully saturated rings. The molecular formula is C2AuCl3N2. The van der Waals surface area contributed by atoms with Crippen LogP contribution in [0.3, 0.4) is 0 Å². The van der Waals surface area contributed by atoms with Crippen LogP contribution in [-0.2, 0) is 15.2 Å². The van der Waals surface area contributed by atoms with Gasteiger partial charge in [0.1, 0.15) is 0 Å². The average molecular weight is 355 g/mol. The van der Waals surface area contributed by atoms with Gasteiger partial charge >= 0.3 is 42.8 Å². The van der Waals surface area contributed by atoms with Crippen LogP contribution in [0.4, 0.5) is 0 Å². The Labute approximate surface area is 65.1 Å². The van der Waals surface area contributed by atoms with Gasteiger partial charge in [-0.2, -0.15) is 10.5 Å². The first-order valence-corrected chi connectivity index (χ1v) is 9.09. The van der Waals surface area contributed by atoms with Gasteiger partial charge in [0, 0.05) is 0 Å². The second-order valence-electron chi connectivity index (χ2n) is 0.353. The second kappa shape index (κ2) is 10.5. The van der Waals surface area contributed by atoms with Gasteiger partial charge in [0.15, 0.2) is 12.1 Å². The van der Waals surface area contributed by atoms with Crippen molar-refractivity contribution in [3.8, 4) is 12.1 Å². The summed E-state index contributed by atoms with van der Waals surface area (Å²) in [4.78, 5) is 0. The monoisotopic (exact) mass is 354 g/mol. The van der Waals surface area contributed by atoms with Gasteiger partial charge < -0.3 is 0 Å². The fourth-order valence-corrected chi connectivity index (χ4v) is 0. The van der Waals surface area contributed by atoms with Gasteiger partial charge in [0.25, 0.3) is 0 Å². The van der Waals surface area contributed by atoms with E-state index in [1.165, 1.54) is 12.1 Å². The maximum absolute atomic E-state index is 7.26. The number of halogens is 3. The van der Waals surface area contributed by atoms with Gasteiger partial charge in [-0.15, -0.1) is 0 Å². The molecule has 2 nitrogen and oxygen atoms in total. The minimum atomic E-state index is -1.79. The minimum absolute atomic E-state index is 1.24. The standard InChI is InChI=1S/C2N2.Au.3ClH/c3-1-2-4;;;;/h;;3*1H/q;+3;;;/p-3. The Morgan fingerprint density at radius 3 is 1.12 bits per heavy atom. The zero-order chi connectivity index (χ0) is 6.99. The van der Waals surface area contributed by atoms with E-state index in [0.29, 0.717) is 0 Å². The van der Waals surface area contributed by atoms with Gasteiger partial charge in [-0.3, -0.25) is 0 Å². The molecule has 0 unspecified atom stereocenters. The van der Waals surface area contributed by atoms with Crippen LogP contribution in [0.15, 0.2) is 0 Å². The molecule has 0 aliphatic carbocycles. The van der Waals surface area contributed by atoms with Crippen LogP contribution >= 0.6 is 27.6 Å². The number of hydrogen-bond acceptors (Lipinski definition) is 2. The average Bonchev–Trinajstić information content (AvgIpc) is 1.65.